The molecule has 2 rings (SSSR count). The second-order valence-corrected chi connectivity index (χ2v) is 3.99. The molecule has 82 valence electrons. The molecule has 15 heavy (non-hydrogen) atoms. The van der Waals surface area contributed by atoms with Crippen LogP contribution in [0, 0.1) is 0 Å². The van der Waals surface area contributed by atoms with Gasteiger partial charge in [-0.3, -0.25) is 9.48 Å². The summed E-state index contributed by atoms with van der Waals surface area (Å²) < 4.78 is 1.56. The molecule has 1 heterocycles. The van der Waals surface area contributed by atoms with Crippen molar-refractivity contribution in [1.82, 2.24) is 9.78 Å². The molecule has 3 N–H and O–H groups in total. The Morgan fingerprint density at radius 2 is 2.33 bits per heavy atom. The van der Waals surface area contributed by atoms with Gasteiger partial charge < -0.3 is 11.1 Å². The first-order valence-electron chi connectivity index (χ1n) is 5.32. The van der Waals surface area contributed by atoms with Crippen LogP contribution < -0.4 is 11.1 Å². The van der Waals surface area contributed by atoms with Crippen molar-refractivity contribution in [3.8, 4) is 0 Å². The quantitative estimate of drug-likeness (QED) is 0.765. The van der Waals surface area contributed by atoms with Gasteiger partial charge in [-0.2, -0.15) is 5.10 Å². The van der Waals surface area contributed by atoms with Crippen molar-refractivity contribution in [2.24, 2.45) is 5.73 Å². The van der Waals surface area contributed by atoms with Gasteiger partial charge in [0.2, 0.25) is 5.91 Å². The van der Waals surface area contributed by atoms with Crippen molar-refractivity contribution in [2.45, 2.75) is 38.3 Å². The zero-order valence-electron chi connectivity index (χ0n) is 8.65. The number of hydrogen-bond donors (Lipinski definition) is 2. The molecule has 1 amide bonds. The molecule has 0 spiro atoms. The Hall–Kier alpha value is -1.52. The summed E-state index contributed by atoms with van der Waals surface area (Å²) in [6.45, 7) is 0.145. The molecule has 1 aromatic heterocycles. The fourth-order valence-electron chi connectivity index (χ4n) is 1.97. The number of carbonyl (C=O) groups excluding carboxylic acids is 1. The third-order valence-corrected chi connectivity index (χ3v) is 2.67. The summed E-state index contributed by atoms with van der Waals surface area (Å²) in [5, 5.41) is 7.57. The summed E-state index contributed by atoms with van der Waals surface area (Å²) in [7, 11) is 0. The van der Waals surface area contributed by atoms with Crippen molar-refractivity contribution >= 4 is 11.7 Å². The minimum absolute atomic E-state index is 0.145. The van der Waals surface area contributed by atoms with Gasteiger partial charge in [0.15, 0.2) is 0 Å². The molecule has 0 aromatic carbocycles. The van der Waals surface area contributed by atoms with E-state index in [1.54, 1.807) is 10.9 Å². The van der Waals surface area contributed by atoms with Crippen LogP contribution in [-0.2, 0) is 11.3 Å². The van der Waals surface area contributed by atoms with E-state index in [-0.39, 0.29) is 12.5 Å². The Kier molecular flexibility index (Phi) is 2.89. The first-order valence-corrected chi connectivity index (χ1v) is 5.32. The average molecular weight is 208 g/mol. The number of nitrogens with zero attached hydrogens (tertiary/aromatic N) is 2. The maximum Gasteiger partial charge on any atom is 0.239 e. The molecule has 0 unspecified atom stereocenters. The van der Waals surface area contributed by atoms with Gasteiger partial charge in [0.05, 0.1) is 0 Å². The lowest BCUT2D eigenvalue weighted by Crippen LogP contribution is -2.19. The smallest absolute Gasteiger partial charge is 0.239 e. The summed E-state index contributed by atoms with van der Waals surface area (Å²) in [4.78, 5) is 10.7. The van der Waals surface area contributed by atoms with E-state index in [9.17, 15) is 4.79 Å². The number of amides is 1. The van der Waals surface area contributed by atoms with Crippen LogP contribution in [0.15, 0.2) is 12.3 Å². The van der Waals surface area contributed by atoms with Crippen LogP contribution in [0.25, 0.3) is 0 Å². The monoisotopic (exact) mass is 208 g/mol. The molecule has 1 fully saturated rings. The summed E-state index contributed by atoms with van der Waals surface area (Å²) in [5.74, 6) is 0.466. The van der Waals surface area contributed by atoms with Gasteiger partial charge in [-0.05, 0) is 12.8 Å². The summed E-state index contributed by atoms with van der Waals surface area (Å²) in [6.07, 6.45) is 6.77. The van der Waals surface area contributed by atoms with Crippen LogP contribution in [-0.4, -0.2) is 21.7 Å². The van der Waals surface area contributed by atoms with Gasteiger partial charge in [-0.15, -0.1) is 0 Å². The largest absolute Gasteiger partial charge is 0.368 e. The maximum atomic E-state index is 10.7. The number of anilines is 1. The zero-order chi connectivity index (χ0) is 10.7. The summed E-state index contributed by atoms with van der Waals surface area (Å²) >= 11 is 0. The highest BCUT2D eigenvalue weighted by Crippen LogP contribution is 2.21. The number of primary amides is 1. The molecule has 1 saturated carbocycles. The predicted octanol–water partition coefficient (Wildman–Crippen LogP) is 0.723. The first-order chi connectivity index (χ1) is 7.24. The lowest BCUT2D eigenvalue weighted by atomic mass is 10.2. The highest BCUT2D eigenvalue weighted by molar-refractivity contribution is 5.73. The number of nitrogens with one attached hydrogen (secondary N) is 1. The van der Waals surface area contributed by atoms with E-state index in [4.69, 9.17) is 5.73 Å². The second-order valence-electron chi connectivity index (χ2n) is 3.99. The van der Waals surface area contributed by atoms with Crippen molar-refractivity contribution < 1.29 is 4.79 Å². The first kappa shape index (κ1) is 10.0. The highest BCUT2D eigenvalue weighted by Gasteiger charge is 2.15. The number of rotatable bonds is 4. The van der Waals surface area contributed by atoms with E-state index in [0.29, 0.717) is 6.04 Å². The molecular weight excluding hydrogens is 192 g/mol. The van der Waals surface area contributed by atoms with E-state index < -0.39 is 0 Å². The number of aromatic nitrogens is 2. The van der Waals surface area contributed by atoms with Gasteiger partial charge in [-0.1, -0.05) is 12.8 Å². The van der Waals surface area contributed by atoms with Crippen LogP contribution in [0.3, 0.4) is 0 Å². The number of carbonyl (C=O) groups is 1. The van der Waals surface area contributed by atoms with Crippen molar-refractivity contribution in [2.75, 3.05) is 5.32 Å². The predicted molar refractivity (Wildman–Crippen MR) is 57.3 cm³/mol. The summed E-state index contributed by atoms with van der Waals surface area (Å²) in [5.41, 5.74) is 5.08. The van der Waals surface area contributed by atoms with E-state index in [1.807, 2.05) is 6.07 Å². The van der Waals surface area contributed by atoms with Crippen LogP contribution in [0.5, 0.6) is 0 Å². The van der Waals surface area contributed by atoms with Crippen molar-refractivity contribution in [3.63, 3.8) is 0 Å². The molecule has 1 aliphatic carbocycles. The van der Waals surface area contributed by atoms with E-state index >= 15 is 0 Å². The van der Waals surface area contributed by atoms with Crippen molar-refractivity contribution in [3.05, 3.63) is 12.3 Å². The molecule has 1 aliphatic rings. The Bertz CT molecular complexity index is 341. The van der Waals surface area contributed by atoms with Gasteiger partial charge in [0.1, 0.15) is 12.4 Å². The van der Waals surface area contributed by atoms with Crippen LogP contribution >= 0.6 is 0 Å². The lowest BCUT2D eigenvalue weighted by molar-refractivity contribution is -0.118. The lowest BCUT2D eigenvalue weighted by Gasteiger charge is -2.09. The highest BCUT2D eigenvalue weighted by atomic mass is 16.1. The van der Waals surface area contributed by atoms with Crippen molar-refractivity contribution in [1.29, 1.82) is 0 Å². The topological polar surface area (TPSA) is 72.9 Å². The molecule has 0 atom stereocenters. The van der Waals surface area contributed by atoms with Crippen LogP contribution in [0.2, 0.25) is 0 Å². The van der Waals surface area contributed by atoms with Gasteiger partial charge in [0.25, 0.3) is 0 Å². The Morgan fingerprint density at radius 3 is 3.00 bits per heavy atom. The van der Waals surface area contributed by atoms with E-state index in [1.165, 1.54) is 25.7 Å². The maximum absolute atomic E-state index is 10.7. The van der Waals surface area contributed by atoms with Gasteiger partial charge >= 0.3 is 0 Å². The van der Waals surface area contributed by atoms with Crippen LogP contribution in [0.4, 0.5) is 5.82 Å². The molecule has 0 saturated heterocycles. The van der Waals surface area contributed by atoms with E-state index in [2.05, 4.69) is 10.4 Å². The normalized spacial score (nSPS) is 16.8. The molecular formula is C10H16N4O. The minimum atomic E-state index is -0.370. The summed E-state index contributed by atoms with van der Waals surface area (Å²) in [6, 6.07) is 2.42. The Labute approximate surface area is 88.6 Å². The number of hydrogen-bond acceptors (Lipinski definition) is 3. The molecule has 0 bridgehead atoms. The van der Waals surface area contributed by atoms with Crippen LogP contribution in [0.1, 0.15) is 25.7 Å². The minimum Gasteiger partial charge on any atom is -0.368 e. The molecule has 1 aromatic rings. The second kappa shape index (κ2) is 4.33. The standard InChI is InChI=1S/C10H16N4O/c11-9(15)7-14-6-5-10(13-14)12-8-3-1-2-4-8/h5-6,8H,1-4,7H2,(H2,11,15)(H,12,13). The molecule has 5 heteroatoms. The zero-order valence-corrected chi connectivity index (χ0v) is 8.65. The Balaban J connectivity index is 1.91. The average Bonchev–Trinajstić information content (AvgIpc) is 2.77. The van der Waals surface area contributed by atoms with E-state index in [0.717, 1.165) is 5.82 Å². The fourth-order valence-corrected chi connectivity index (χ4v) is 1.97. The van der Waals surface area contributed by atoms with Gasteiger partial charge in [-0.25, -0.2) is 0 Å². The molecule has 5 nitrogen and oxygen atoms in total. The Morgan fingerprint density at radius 1 is 1.60 bits per heavy atom. The van der Waals surface area contributed by atoms with Gasteiger partial charge in [0, 0.05) is 18.3 Å². The third kappa shape index (κ3) is 2.71. The third-order valence-electron chi connectivity index (χ3n) is 2.67. The molecule has 0 radical (unpaired) electrons. The SMILES string of the molecule is NC(=O)Cn1ccc(NC2CCCC2)n1. The number of nitrogens with two attached hydrogens (primary N) is 1. The fraction of sp³-hybridized carbons (Fsp3) is 0.600. The molecule has 0 aliphatic heterocycles.